The number of carbonyl (C=O) groups excluding carboxylic acids is 2. The Morgan fingerprint density at radius 2 is 1.92 bits per heavy atom. The van der Waals surface area contributed by atoms with Crippen LogP contribution in [0.5, 0.6) is 0 Å². The van der Waals surface area contributed by atoms with E-state index >= 15 is 0 Å². The first-order valence-electron chi connectivity index (χ1n) is 12.6. The van der Waals surface area contributed by atoms with Gasteiger partial charge in [-0.15, -0.1) is 11.3 Å². The van der Waals surface area contributed by atoms with Crippen LogP contribution in [0.3, 0.4) is 0 Å². The molecule has 1 fully saturated rings. The number of fused-ring (bicyclic) bond motifs is 1. The van der Waals surface area contributed by atoms with Crippen molar-refractivity contribution in [2.75, 3.05) is 36.5 Å². The highest BCUT2D eigenvalue weighted by Crippen LogP contribution is 2.26. The zero-order chi connectivity index (χ0) is 25.8. The second-order valence-corrected chi connectivity index (χ2v) is 10.3. The molecule has 0 radical (unpaired) electrons. The number of rotatable bonds is 6. The average molecular weight is 522 g/mol. The fraction of sp³-hybridized carbons (Fsp3) is 0.407. The number of benzene rings is 1. The van der Waals surface area contributed by atoms with Gasteiger partial charge in [0.05, 0.1) is 31.1 Å². The lowest BCUT2D eigenvalue weighted by Gasteiger charge is -2.36. The van der Waals surface area contributed by atoms with Crippen LogP contribution in [0.2, 0.25) is 0 Å². The molecule has 2 aliphatic rings. The second-order valence-electron chi connectivity index (χ2n) is 9.45. The quantitative estimate of drug-likeness (QED) is 0.510. The highest BCUT2D eigenvalue weighted by molar-refractivity contribution is 7.14. The van der Waals surface area contributed by atoms with E-state index in [2.05, 4.69) is 34.4 Å². The minimum atomic E-state index is -0.338. The molecular weight excluding hydrogens is 490 g/mol. The molecule has 5 rings (SSSR count). The van der Waals surface area contributed by atoms with E-state index < -0.39 is 0 Å². The molecule has 1 saturated heterocycles. The van der Waals surface area contributed by atoms with E-state index in [-0.39, 0.29) is 30.6 Å². The van der Waals surface area contributed by atoms with E-state index in [9.17, 15) is 9.59 Å². The Kier molecular flexibility index (Phi) is 7.78. The van der Waals surface area contributed by atoms with Gasteiger partial charge in [-0.05, 0) is 62.1 Å². The second kappa shape index (κ2) is 11.4. The molecule has 2 N–H and O–H groups in total. The van der Waals surface area contributed by atoms with Gasteiger partial charge in [0.2, 0.25) is 5.91 Å². The Morgan fingerprint density at radius 3 is 2.76 bits per heavy atom. The van der Waals surface area contributed by atoms with E-state index in [1.165, 1.54) is 11.3 Å². The molecule has 2 aromatic heterocycles. The zero-order valence-electron chi connectivity index (χ0n) is 21.0. The van der Waals surface area contributed by atoms with E-state index in [1.54, 1.807) is 6.07 Å². The summed E-state index contributed by atoms with van der Waals surface area (Å²) >= 11 is 1.32. The number of aryl methyl sites for hydroxylation is 1. The van der Waals surface area contributed by atoms with Crippen LogP contribution in [-0.4, -0.2) is 60.2 Å². The van der Waals surface area contributed by atoms with Gasteiger partial charge < -0.3 is 25.0 Å². The molecule has 0 aliphatic carbocycles. The summed E-state index contributed by atoms with van der Waals surface area (Å²) in [7, 11) is 0. The van der Waals surface area contributed by atoms with Gasteiger partial charge in [-0.25, -0.2) is 9.97 Å². The van der Waals surface area contributed by atoms with Gasteiger partial charge in [0, 0.05) is 30.6 Å². The fourth-order valence-electron chi connectivity index (χ4n) is 4.67. The lowest BCUT2D eigenvalue weighted by molar-refractivity contribution is -0.115. The molecular formula is C27H31N5O4S. The molecule has 37 heavy (non-hydrogen) atoms. The maximum Gasteiger partial charge on any atom is 0.251 e. The van der Waals surface area contributed by atoms with E-state index in [4.69, 9.17) is 14.5 Å². The maximum atomic E-state index is 12.6. The van der Waals surface area contributed by atoms with Gasteiger partial charge in [0.1, 0.15) is 11.5 Å². The minimum Gasteiger partial charge on any atom is -0.377 e. The monoisotopic (exact) mass is 521 g/mol. The van der Waals surface area contributed by atoms with Crippen molar-refractivity contribution in [3.63, 3.8) is 0 Å². The van der Waals surface area contributed by atoms with Crippen molar-refractivity contribution in [1.82, 2.24) is 15.3 Å². The SMILES string of the molecule is C[C@@H]1CN(c2cccc(-c3csc(NC(=O)CNC(=O)c4ccc5c(c4)CCCOC5)n3)n2)C[C@H](C)O1. The number of morpholine rings is 1. The van der Waals surface area contributed by atoms with Gasteiger partial charge in [0.15, 0.2) is 5.13 Å². The first kappa shape index (κ1) is 25.3. The Balaban J connectivity index is 1.17. The number of nitrogens with zero attached hydrogens (tertiary/aromatic N) is 3. The first-order valence-corrected chi connectivity index (χ1v) is 13.4. The Hall–Kier alpha value is -3.34. The van der Waals surface area contributed by atoms with Crippen LogP contribution in [-0.2, 0) is 27.3 Å². The summed E-state index contributed by atoms with van der Waals surface area (Å²) in [5.74, 6) is 0.261. The number of ether oxygens (including phenoxy) is 2. The van der Waals surface area contributed by atoms with E-state index in [0.29, 0.717) is 23.0 Å². The van der Waals surface area contributed by atoms with Crippen LogP contribution in [0.25, 0.3) is 11.4 Å². The van der Waals surface area contributed by atoms with Crippen LogP contribution in [0.15, 0.2) is 41.8 Å². The van der Waals surface area contributed by atoms with Crippen LogP contribution < -0.4 is 15.5 Å². The van der Waals surface area contributed by atoms with Gasteiger partial charge in [-0.1, -0.05) is 12.1 Å². The van der Waals surface area contributed by atoms with Crippen molar-refractivity contribution in [2.24, 2.45) is 0 Å². The minimum absolute atomic E-state index is 0.141. The summed E-state index contributed by atoms with van der Waals surface area (Å²) in [6, 6.07) is 11.5. The maximum absolute atomic E-state index is 12.6. The number of anilines is 2. The molecule has 2 atom stereocenters. The molecule has 0 spiro atoms. The standard InChI is InChI=1S/C27H31N5O4S/c1-17-13-32(14-18(2)36-17)24-7-3-6-22(29-24)23-16-37-27(30-23)31-25(33)12-28-26(34)20-8-9-21-15-35-10-4-5-19(21)11-20/h3,6-9,11,16-18H,4-5,10,12-15H2,1-2H3,(H,28,34)(H,30,31,33)/t17-,18+. The predicted octanol–water partition coefficient (Wildman–Crippen LogP) is 3.65. The Bertz CT molecular complexity index is 1270. The molecule has 1 aromatic carbocycles. The Morgan fingerprint density at radius 1 is 1.08 bits per heavy atom. The van der Waals surface area contributed by atoms with E-state index in [0.717, 1.165) is 55.2 Å². The lowest BCUT2D eigenvalue weighted by atomic mass is 10.0. The van der Waals surface area contributed by atoms with Crippen LogP contribution >= 0.6 is 11.3 Å². The summed E-state index contributed by atoms with van der Waals surface area (Å²) in [6.45, 7) is 6.84. The fourth-order valence-corrected chi connectivity index (χ4v) is 5.39. The third kappa shape index (κ3) is 6.33. The summed E-state index contributed by atoms with van der Waals surface area (Å²) in [5, 5.41) is 7.79. The topological polar surface area (TPSA) is 106 Å². The molecule has 0 bridgehead atoms. The molecule has 2 amide bonds. The van der Waals surface area contributed by atoms with Crippen molar-refractivity contribution in [1.29, 1.82) is 0 Å². The van der Waals surface area contributed by atoms with Crippen molar-refractivity contribution in [2.45, 2.75) is 45.5 Å². The van der Waals surface area contributed by atoms with Gasteiger partial charge in [-0.3, -0.25) is 9.59 Å². The van der Waals surface area contributed by atoms with Crippen molar-refractivity contribution in [3.05, 3.63) is 58.5 Å². The number of amides is 2. The highest BCUT2D eigenvalue weighted by Gasteiger charge is 2.23. The van der Waals surface area contributed by atoms with Crippen molar-refractivity contribution < 1.29 is 19.1 Å². The highest BCUT2D eigenvalue weighted by atomic mass is 32.1. The number of pyridine rings is 1. The zero-order valence-corrected chi connectivity index (χ0v) is 21.8. The predicted molar refractivity (Wildman–Crippen MR) is 143 cm³/mol. The summed E-state index contributed by atoms with van der Waals surface area (Å²) in [5.41, 5.74) is 4.21. The smallest absolute Gasteiger partial charge is 0.251 e. The number of thiazole rings is 1. The van der Waals surface area contributed by atoms with Crippen molar-refractivity contribution in [3.8, 4) is 11.4 Å². The van der Waals surface area contributed by atoms with Gasteiger partial charge in [0.25, 0.3) is 5.91 Å². The molecule has 10 heteroatoms. The van der Waals surface area contributed by atoms with E-state index in [1.807, 2.05) is 35.7 Å². The summed E-state index contributed by atoms with van der Waals surface area (Å²) in [6.07, 6.45) is 2.09. The third-order valence-corrected chi connectivity index (χ3v) is 7.12. The molecule has 0 saturated carbocycles. The molecule has 2 aliphatic heterocycles. The summed E-state index contributed by atoms with van der Waals surface area (Å²) < 4.78 is 11.4. The lowest BCUT2D eigenvalue weighted by Crippen LogP contribution is -2.45. The number of carbonyl (C=O) groups is 2. The molecule has 0 unspecified atom stereocenters. The average Bonchev–Trinajstić information content (AvgIpc) is 3.22. The first-order chi connectivity index (χ1) is 17.9. The molecule has 194 valence electrons. The normalized spacial score (nSPS) is 19.6. The molecule has 4 heterocycles. The number of hydrogen-bond acceptors (Lipinski definition) is 8. The third-order valence-electron chi connectivity index (χ3n) is 6.36. The Labute approximate surface area is 220 Å². The number of aromatic nitrogens is 2. The molecule has 3 aromatic rings. The number of hydrogen-bond donors (Lipinski definition) is 2. The summed E-state index contributed by atoms with van der Waals surface area (Å²) in [4.78, 5) is 36.6. The molecule has 9 nitrogen and oxygen atoms in total. The van der Waals surface area contributed by atoms with Crippen LogP contribution in [0.4, 0.5) is 10.9 Å². The van der Waals surface area contributed by atoms with Gasteiger partial charge >= 0.3 is 0 Å². The van der Waals surface area contributed by atoms with Crippen molar-refractivity contribution >= 4 is 34.1 Å². The largest absolute Gasteiger partial charge is 0.377 e. The van der Waals surface area contributed by atoms with Crippen LogP contribution in [0, 0.1) is 0 Å². The van der Waals surface area contributed by atoms with Crippen LogP contribution in [0.1, 0.15) is 41.8 Å². The van der Waals surface area contributed by atoms with Gasteiger partial charge in [-0.2, -0.15) is 0 Å². The number of nitrogens with one attached hydrogen (secondary N) is 2.